The Hall–Kier alpha value is -4.06. The summed E-state index contributed by atoms with van der Waals surface area (Å²) in [5.74, 6) is -2.32. The Balaban J connectivity index is 1.60. The van der Waals surface area contributed by atoms with Crippen LogP contribution in [0.4, 0.5) is 0 Å². The average Bonchev–Trinajstić information content (AvgIpc) is 3.22. The molecule has 198 valence electrons. The van der Waals surface area contributed by atoms with Crippen molar-refractivity contribution in [2.45, 2.75) is 24.6 Å². The van der Waals surface area contributed by atoms with Crippen molar-refractivity contribution in [3.05, 3.63) is 108 Å². The molecule has 1 heterocycles. The van der Waals surface area contributed by atoms with Crippen molar-refractivity contribution in [1.82, 2.24) is 0 Å². The second kappa shape index (κ2) is 12.0. The largest absolute Gasteiger partial charge is 0.459 e. The van der Waals surface area contributed by atoms with Crippen LogP contribution in [0.1, 0.15) is 31.1 Å². The lowest BCUT2D eigenvalue weighted by Crippen LogP contribution is -2.42. The second-order valence-corrected chi connectivity index (χ2v) is 9.88. The number of carbonyl (C=O) groups excluding carboxylic acids is 3. The molecule has 1 fully saturated rings. The third-order valence-electron chi connectivity index (χ3n) is 5.43. The Morgan fingerprint density at radius 3 is 1.61 bits per heavy atom. The summed E-state index contributed by atoms with van der Waals surface area (Å²) >= 11 is 0. The molecule has 0 spiro atoms. The summed E-state index contributed by atoms with van der Waals surface area (Å²) < 4.78 is 51.5. The van der Waals surface area contributed by atoms with E-state index >= 15 is 0 Å². The van der Waals surface area contributed by atoms with E-state index in [0.717, 1.165) is 6.26 Å². The van der Waals surface area contributed by atoms with Crippen LogP contribution in [0.15, 0.2) is 91.0 Å². The molecule has 0 N–H and O–H groups in total. The third kappa shape index (κ3) is 7.03. The fourth-order valence-electron chi connectivity index (χ4n) is 3.70. The summed E-state index contributed by atoms with van der Waals surface area (Å²) in [5.41, 5.74) is 0.612. The number of esters is 3. The quantitative estimate of drug-likeness (QED) is 0.227. The molecule has 0 radical (unpaired) electrons. The minimum Gasteiger partial charge on any atom is -0.459 e. The van der Waals surface area contributed by atoms with E-state index in [-0.39, 0.29) is 16.7 Å². The molecule has 1 saturated heterocycles. The van der Waals surface area contributed by atoms with Crippen LogP contribution in [0.25, 0.3) is 0 Å². The number of carbonyl (C=O) groups is 3. The van der Waals surface area contributed by atoms with Crippen LogP contribution in [-0.4, -0.2) is 63.8 Å². The minimum atomic E-state index is -4.14. The average molecular weight is 541 g/mol. The molecule has 0 bridgehead atoms. The SMILES string of the molecule is CS(=O)(=O)O[C@H]1[C@@H](OC(=O)c2ccccc2)O[C@H](COC(=O)c2ccccc2)[C@@H]1OC(=O)c1ccccc1. The standard InChI is InChI=1S/C27H24O10S/c1-38(31,32)37-23-22(35-25(29)19-13-7-3-8-14-19)21(17-33-24(28)18-11-5-2-6-12-18)34-27(23)36-26(30)20-15-9-4-10-16-20/h2-16,21-23,27H,17H2,1H3/t21-,22+,23-,27-/m1/s1. The molecular weight excluding hydrogens is 516 g/mol. The van der Waals surface area contributed by atoms with Crippen molar-refractivity contribution in [1.29, 1.82) is 0 Å². The van der Waals surface area contributed by atoms with Crippen molar-refractivity contribution in [3.63, 3.8) is 0 Å². The first-order chi connectivity index (χ1) is 18.2. The highest BCUT2D eigenvalue weighted by atomic mass is 32.2. The zero-order chi connectivity index (χ0) is 27.1. The number of ether oxygens (including phenoxy) is 4. The van der Waals surface area contributed by atoms with Gasteiger partial charge < -0.3 is 18.9 Å². The van der Waals surface area contributed by atoms with Gasteiger partial charge >= 0.3 is 17.9 Å². The lowest BCUT2D eigenvalue weighted by Gasteiger charge is -2.23. The van der Waals surface area contributed by atoms with E-state index in [1.54, 1.807) is 66.7 Å². The number of benzene rings is 3. The van der Waals surface area contributed by atoms with Crippen LogP contribution in [0, 0.1) is 0 Å². The molecule has 0 aromatic heterocycles. The predicted molar refractivity (Wildman–Crippen MR) is 133 cm³/mol. The van der Waals surface area contributed by atoms with Crippen LogP contribution >= 0.6 is 0 Å². The van der Waals surface area contributed by atoms with E-state index < -0.39 is 59.2 Å². The van der Waals surface area contributed by atoms with Gasteiger partial charge in [0.25, 0.3) is 10.1 Å². The van der Waals surface area contributed by atoms with Crippen LogP contribution < -0.4 is 0 Å². The smallest absolute Gasteiger partial charge is 0.340 e. The fourth-order valence-corrected chi connectivity index (χ4v) is 4.30. The lowest BCUT2D eigenvalue weighted by atomic mass is 10.1. The fraction of sp³-hybridized carbons (Fsp3) is 0.222. The molecule has 4 atom stereocenters. The summed E-state index contributed by atoms with van der Waals surface area (Å²) in [4.78, 5) is 38.1. The van der Waals surface area contributed by atoms with E-state index in [1.807, 2.05) is 0 Å². The lowest BCUT2D eigenvalue weighted by molar-refractivity contribution is -0.135. The van der Waals surface area contributed by atoms with Crippen molar-refractivity contribution in [2.75, 3.05) is 12.9 Å². The molecule has 3 aromatic carbocycles. The number of hydrogen-bond acceptors (Lipinski definition) is 10. The minimum absolute atomic E-state index is 0.172. The molecule has 0 amide bonds. The Morgan fingerprint density at radius 1 is 0.684 bits per heavy atom. The Morgan fingerprint density at radius 2 is 1.13 bits per heavy atom. The summed E-state index contributed by atoms with van der Waals surface area (Å²) in [6.45, 7) is -0.455. The topological polar surface area (TPSA) is 132 Å². The van der Waals surface area contributed by atoms with Crippen molar-refractivity contribution < 1.29 is 45.9 Å². The van der Waals surface area contributed by atoms with Gasteiger partial charge in [-0.15, -0.1) is 0 Å². The van der Waals surface area contributed by atoms with Gasteiger partial charge in [-0.1, -0.05) is 54.6 Å². The normalized spacial score (nSPS) is 20.9. The molecule has 0 saturated carbocycles. The van der Waals surface area contributed by atoms with Gasteiger partial charge in [0.15, 0.2) is 12.2 Å². The number of hydrogen-bond donors (Lipinski definition) is 0. The van der Waals surface area contributed by atoms with Gasteiger partial charge in [-0.05, 0) is 36.4 Å². The highest BCUT2D eigenvalue weighted by Gasteiger charge is 2.52. The molecule has 10 nitrogen and oxygen atoms in total. The van der Waals surface area contributed by atoms with Gasteiger partial charge in [-0.2, -0.15) is 8.42 Å². The van der Waals surface area contributed by atoms with Gasteiger partial charge in [-0.25, -0.2) is 14.4 Å². The van der Waals surface area contributed by atoms with Crippen molar-refractivity contribution in [3.8, 4) is 0 Å². The van der Waals surface area contributed by atoms with Gasteiger partial charge in [-0.3, -0.25) is 4.18 Å². The Bertz CT molecular complexity index is 1360. The van der Waals surface area contributed by atoms with Crippen LogP contribution in [0.2, 0.25) is 0 Å². The molecule has 0 aliphatic carbocycles. The zero-order valence-corrected chi connectivity index (χ0v) is 21.0. The maximum absolute atomic E-state index is 12.9. The van der Waals surface area contributed by atoms with Crippen LogP contribution in [0.3, 0.4) is 0 Å². The molecule has 3 aromatic rings. The van der Waals surface area contributed by atoms with E-state index in [0.29, 0.717) is 0 Å². The zero-order valence-electron chi connectivity index (χ0n) is 20.2. The maximum Gasteiger partial charge on any atom is 0.340 e. The molecule has 4 rings (SSSR count). The molecule has 11 heteroatoms. The first kappa shape index (κ1) is 27.0. The molecule has 1 aliphatic heterocycles. The maximum atomic E-state index is 12.9. The second-order valence-electron chi connectivity index (χ2n) is 8.28. The third-order valence-corrected chi connectivity index (χ3v) is 6.00. The van der Waals surface area contributed by atoms with E-state index in [4.69, 9.17) is 23.1 Å². The summed E-state index contributed by atoms with van der Waals surface area (Å²) in [7, 11) is -4.14. The summed E-state index contributed by atoms with van der Waals surface area (Å²) in [5, 5.41) is 0. The number of rotatable bonds is 9. The monoisotopic (exact) mass is 540 g/mol. The first-order valence-corrected chi connectivity index (χ1v) is 13.3. The highest BCUT2D eigenvalue weighted by molar-refractivity contribution is 7.86. The summed E-state index contributed by atoms with van der Waals surface area (Å²) in [6.07, 6.45) is -5.04. The van der Waals surface area contributed by atoms with Crippen molar-refractivity contribution >= 4 is 28.0 Å². The molecule has 38 heavy (non-hydrogen) atoms. The van der Waals surface area contributed by atoms with Gasteiger partial charge in [0.2, 0.25) is 6.29 Å². The Labute approximate surface area is 219 Å². The molecular formula is C27H24O10S. The van der Waals surface area contributed by atoms with Crippen LogP contribution in [-0.2, 0) is 33.2 Å². The Kier molecular flexibility index (Phi) is 8.52. The first-order valence-electron chi connectivity index (χ1n) is 11.5. The van der Waals surface area contributed by atoms with Gasteiger partial charge in [0.05, 0.1) is 22.9 Å². The summed E-state index contributed by atoms with van der Waals surface area (Å²) in [6, 6.07) is 24.0. The molecule has 1 aliphatic rings. The van der Waals surface area contributed by atoms with Gasteiger partial charge in [0.1, 0.15) is 12.7 Å². The van der Waals surface area contributed by atoms with E-state index in [1.165, 1.54) is 24.3 Å². The van der Waals surface area contributed by atoms with Crippen molar-refractivity contribution in [2.24, 2.45) is 0 Å². The van der Waals surface area contributed by atoms with E-state index in [2.05, 4.69) is 0 Å². The molecule has 0 unspecified atom stereocenters. The predicted octanol–water partition coefficient (Wildman–Crippen LogP) is 3.00. The van der Waals surface area contributed by atoms with Gasteiger partial charge in [0, 0.05) is 0 Å². The highest BCUT2D eigenvalue weighted by Crippen LogP contribution is 2.31. The van der Waals surface area contributed by atoms with Crippen LogP contribution in [0.5, 0.6) is 0 Å². The van der Waals surface area contributed by atoms with E-state index in [9.17, 15) is 22.8 Å².